The Morgan fingerprint density at radius 1 is 1.12 bits per heavy atom. The highest BCUT2D eigenvalue weighted by atomic mass is 32.2. The van der Waals surface area contributed by atoms with Gasteiger partial charge in [0.15, 0.2) is 10.9 Å². The smallest absolute Gasteiger partial charge is 0.433 e. The van der Waals surface area contributed by atoms with Gasteiger partial charge in [-0.2, -0.15) is 28.1 Å². The van der Waals surface area contributed by atoms with Crippen LogP contribution < -0.4 is 19.1 Å². The molecule has 3 heterocycles. The first-order chi connectivity index (χ1) is 15.6. The van der Waals surface area contributed by atoms with Crippen LogP contribution in [0.2, 0.25) is 0 Å². The summed E-state index contributed by atoms with van der Waals surface area (Å²) in [6, 6.07) is 0.525. The average Bonchev–Trinajstić information content (AvgIpc) is 2.78. The lowest BCUT2D eigenvalue weighted by Crippen LogP contribution is -2.37. The number of ether oxygens (including phenoxy) is 4. The number of halogens is 3. The molecule has 2 aromatic heterocycles. The summed E-state index contributed by atoms with van der Waals surface area (Å²) < 4.78 is 61.0. The number of rotatable bonds is 7. The third kappa shape index (κ3) is 6.01. The van der Waals surface area contributed by atoms with Crippen molar-refractivity contribution in [2.75, 3.05) is 45.4 Å². The van der Waals surface area contributed by atoms with E-state index in [0.717, 1.165) is 0 Å². The molecule has 1 aliphatic heterocycles. The van der Waals surface area contributed by atoms with Crippen LogP contribution in [0.15, 0.2) is 28.3 Å². The van der Waals surface area contributed by atoms with Crippen LogP contribution in [0.25, 0.3) is 0 Å². The van der Waals surface area contributed by atoms with Gasteiger partial charge in [-0.15, -0.1) is 0 Å². The number of hydrogen-bond acceptors (Lipinski definition) is 11. The molecule has 0 bridgehead atoms. The Hall–Kier alpha value is -3.13. The zero-order valence-electron chi connectivity index (χ0n) is 17.9. The lowest BCUT2D eigenvalue weighted by molar-refractivity contribution is -0.142. The van der Waals surface area contributed by atoms with Gasteiger partial charge in [-0.3, -0.25) is 0 Å². The van der Waals surface area contributed by atoms with Crippen molar-refractivity contribution < 1.29 is 36.9 Å². The molecule has 3 rings (SSSR count). The molecular formula is C19H20F3N5O5S. The Balaban J connectivity index is 2.01. The van der Waals surface area contributed by atoms with Gasteiger partial charge in [-0.1, -0.05) is 6.58 Å². The number of aromatic nitrogens is 4. The molecule has 0 amide bonds. The molecule has 0 aromatic carbocycles. The lowest BCUT2D eigenvalue weighted by Gasteiger charge is -2.27. The Labute approximate surface area is 191 Å². The standard InChI is InChI=1S/C19H20F3N5O5S/c1-10(2)16(28)32-12-9-11(19(20,21)22)23-18(24-12)33-13-14(29-3)25-17(26-15(13)30-4)27-5-7-31-8-6-27/h9H,1,5-8H2,2-4H3. The summed E-state index contributed by atoms with van der Waals surface area (Å²) in [7, 11) is 2.70. The van der Waals surface area contributed by atoms with Crippen molar-refractivity contribution >= 4 is 23.7 Å². The highest BCUT2D eigenvalue weighted by Gasteiger charge is 2.35. The molecule has 0 unspecified atom stereocenters. The molecule has 0 radical (unpaired) electrons. The number of esters is 1. The van der Waals surface area contributed by atoms with Gasteiger partial charge in [-0.25, -0.2) is 9.78 Å². The number of carbonyl (C=O) groups is 1. The van der Waals surface area contributed by atoms with Crippen LogP contribution in [0.1, 0.15) is 12.6 Å². The number of nitrogens with zero attached hydrogens (tertiary/aromatic N) is 5. The molecule has 0 aliphatic carbocycles. The molecule has 1 aliphatic rings. The molecule has 0 atom stereocenters. The topological polar surface area (TPSA) is 109 Å². The fourth-order valence-corrected chi connectivity index (χ4v) is 3.48. The number of morpholine rings is 1. The summed E-state index contributed by atoms with van der Waals surface area (Å²) in [5, 5.41) is -0.381. The molecule has 0 N–H and O–H groups in total. The fraction of sp³-hybridized carbons (Fsp3) is 0.421. The summed E-state index contributed by atoms with van der Waals surface area (Å²) in [5.74, 6) is -1.09. The highest BCUT2D eigenvalue weighted by molar-refractivity contribution is 7.99. The van der Waals surface area contributed by atoms with Gasteiger partial charge >= 0.3 is 12.1 Å². The first kappa shape index (κ1) is 24.5. The number of hydrogen-bond donors (Lipinski definition) is 0. The van der Waals surface area contributed by atoms with E-state index < -0.39 is 23.7 Å². The van der Waals surface area contributed by atoms with Gasteiger partial charge in [0.05, 0.1) is 27.4 Å². The molecule has 2 aromatic rings. The summed E-state index contributed by atoms with van der Waals surface area (Å²) in [5.41, 5.74) is -1.31. The summed E-state index contributed by atoms with van der Waals surface area (Å²) in [6.07, 6.45) is -4.81. The monoisotopic (exact) mass is 487 g/mol. The maximum atomic E-state index is 13.4. The van der Waals surface area contributed by atoms with Gasteiger partial charge < -0.3 is 23.8 Å². The third-order valence-electron chi connectivity index (χ3n) is 4.18. The normalized spacial score (nSPS) is 14.1. The van der Waals surface area contributed by atoms with Crippen LogP contribution in [-0.4, -0.2) is 66.4 Å². The zero-order valence-corrected chi connectivity index (χ0v) is 18.7. The van der Waals surface area contributed by atoms with Crippen LogP contribution in [0.3, 0.4) is 0 Å². The van der Waals surface area contributed by atoms with Crippen molar-refractivity contribution in [3.63, 3.8) is 0 Å². The van der Waals surface area contributed by atoms with Gasteiger partial charge in [0.25, 0.3) is 0 Å². The maximum absolute atomic E-state index is 13.4. The van der Waals surface area contributed by atoms with E-state index in [1.807, 2.05) is 4.90 Å². The Morgan fingerprint density at radius 3 is 2.24 bits per heavy atom. The van der Waals surface area contributed by atoms with E-state index in [1.165, 1.54) is 21.1 Å². The molecule has 33 heavy (non-hydrogen) atoms. The SMILES string of the molecule is C=C(C)C(=O)Oc1cc(C(F)(F)F)nc(Sc2c(OC)nc(N3CCOCC3)nc2OC)n1. The van der Waals surface area contributed by atoms with Gasteiger partial charge in [0.1, 0.15) is 4.90 Å². The molecule has 0 saturated carbocycles. The predicted octanol–water partition coefficient (Wildman–Crippen LogP) is 2.77. The largest absolute Gasteiger partial charge is 0.480 e. The minimum Gasteiger partial charge on any atom is -0.480 e. The number of carbonyl (C=O) groups excluding carboxylic acids is 1. The van der Waals surface area contributed by atoms with Crippen molar-refractivity contribution in [2.45, 2.75) is 23.2 Å². The molecule has 178 valence electrons. The lowest BCUT2D eigenvalue weighted by atomic mass is 10.3. The molecule has 0 spiro atoms. The van der Waals surface area contributed by atoms with Crippen LogP contribution in [0, 0.1) is 0 Å². The van der Waals surface area contributed by atoms with Crippen molar-refractivity contribution in [2.24, 2.45) is 0 Å². The summed E-state index contributed by atoms with van der Waals surface area (Å²) >= 11 is 0.671. The average molecular weight is 487 g/mol. The van der Waals surface area contributed by atoms with Crippen molar-refractivity contribution in [1.82, 2.24) is 19.9 Å². The summed E-state index contributed by atoms with van der Waals surface area (Å²) in [6.45, 7) is 6.84. The van der Waals surface area contributed by atoms with Crippen molar-refractivity contribution in [1.29, 1.82) is 0 Å². The van der Waals surface area contributed by atoms with Gasteiger partial charge in [0.2, 0.25) is 23.6 Å². The first-order valence-corrected chi connectivity index (χ1v) is 10.3. The second kappa shape index (κ2) is 10.2. The molecule has 1 saturated heterocycles. The van der Waals surface area contributed by atoms with E-state index in [-0.39, 0.29) is 27.4 Å². The minimum absolute atomic E-state index is 0.00758. The van der Waals surface area contributed by atoms with Gasteiger partial charge in [0, 0.05) is 24.7 Å². The number of alkyl halides is 3. The Morgan fingerprint density at radius 2 is 1.73 bits per heavy atom. The van der Waals surface area contributed by atoms with Crippen LogP contribution in [0.4, 0.5) is 19.1 Å². The minimum atomic E-state index is -4.81. The third-order valence-corrected chi connectivity index (χ3v) is 5.10. The Bertz CT molecular complexity index is 1020. The fourth-order valence-electron chi connectivity index (χ4n) is 2.59. The second-order valence-corrected chi connectivity index (χ2v) is 7.59. The van der Waals surface area contributed by atoms with Crippen LogP contribution in [0.5, 0.6) is 17.6 Å². The maximum Gasteiger partial charge on any atom is 0.433 e. The van der Waals surface area contributed by atoms with Crippen molar-refractivity contribution in [3.8, 4) is 17.6 Å². The molecule has 10 nitrogen and oxygen atoms in total. The van der Waals surface area contributed by atoms with Crippen molar-refractivity contribution in [3.05, 3.63) is 23.9 Å². The van der Waals surface area contributed by atoms with Crippen LogP contribution in [-0.2, 0) is 15.7 Å². The molecular weight excluding hydrogens is 467 g/mol. The number of anilines is 1. The molecule has 1 fully saturated rings. The van der Waals surface area contributed by atoms with E-state index in [9.17, 15) is 18.0 Å². The first-order valence-electron chi connectivity index (χ1n) is 9.47. The molecule has 14 heteroatoms. The zero-order chi connectivity index (χ0) is 24.2. The van der Waals surface area contributed by atoms with E-state index in [4.69, 9.17) is 18.9 Å². The Kier molecular flexibility index (Phi) is 7.58. The quantitative estimate of drug-likeness (QED) is 0.327. The second-order valence-electron chi connectivity index (χ2n) is 6.61. The van der Waals surface area contributed by atoms with Crippen LogP contribution >= 0.6 is 11.8 Å². The summed E-state index contributed by atoms with van der Waals surface area (Å²) in [4.78, 5) is 29.9. The van der Waals surface area contributed by atoms with E-state index in [0.29, 0.717) is 50.1 Å². The predicted molar refractivity (Wildman–Crippen MR) is 110 cm³/mol. The van der Waals surface area contributed by atoms with E-state index >= 15 is 0 Å². The van der Waals surface area contributed by atoms with E-state index in [2.05, 4.69) is 26.5 Å². The highest BCUT2D eigenvalue weighted by Crippen LogP contribution is 2.41. The van der Waals surface area contributed by atoms with Gasteiger partial charge in [-0.05, 0) is 18.7 Å². The number of methoxy groups -OCH3 is 2. The van der Waals surface area contributed by atoms with E-state index in [1.54, 1.807) is 0 Å².